The van der Waals surface area contributed by atoms with Crippen molar-refractivity contribution in [2.45, 2.75) is 39.2 Å². The van der Waals surface area contributed by atoms with Crippen LogP contribution in [0.4, 0.5) is 0 Å². The predicted octanol–water partition coefficient (Wildman–Crippen LogP) is 2.31. The van der Waals surface area contributed by atoms with Gasteiger partial charge in [-0.25, -0.2) is 0 Å². The molecule has 1 aromatic rings. The molecule has 0 spiro atoms. The van der Waals surface area contributed by atoms with E-state index in [9.17, 15) is 4.79 Å². The van der Waals surface area contributed by atoms with E-state index in [0.717, 1.165) is 0 Å². The van der Waals surface area contributed by atoms with E-state index >= 15 is 0 Å². The number of carbonyl (C=O) groups is 1. The summed E-state index contributed by atoms with van der Waals surface area (Å²) in [4.78, 5) is 11.9. The van der Waals surface area contributed by atoms with Crippen LogP contribution in [-0.4, -0.2) is 23.7 Å². The van der Waals surface area contributed by atoms with Crippen molar-refractivity contribution in [3.8, 4) is 0 Å². The number of benzene rings is 1. The van der Waals surface area contributed by atoms with Crippen LogP contribution in [0.2, 0.25) is 0 Å². The van der Waals surface area contributed by atoms with E-state index in [4.69, 9.17) is 5.11 Å². The minimum absolute atomic E-state index is 0.00507. The van der Waals surface area contributed by atoms with E-state index in [1.807, 2.05) is 44.2 Å². The Morgan fingerprint density at radius 2 is 1.83 bits per heavy atom. The largest absolute Gasteiger partial charge is 0.396 e. The smallest absolute Gasteiger partial charge is 0.220 e. The van der Waals surface area contributed by atoms with Gasteiger partial charge in [0.1, 0.15) is 0 Å². The van der Waals surface area contributed by atoms with Gasteiger partial charge in [-0.3, -0.25) is 4.79 Å². The molecule has 0 fully saturated rings. The van der Waals surface area contributed by atoms with Crippen molar-refractivity contribution < 1.29 is 9.90 Å². The molecule has 0 aliphatic rings. The average Bonchev–Trinajstić information content (AvgIpc) is 2.38. The van der Waals surface area contributed by atoms with E-state index in [1.54, 1.807) is 0 Å². The molecule has 0 heterocycles. The molecule has 3 atom stereocenters. The normalized spacial score (nSPS) is 15.8. The van der Waals surface area contributed by atoms with Crippen LogP contribution in [0.15, 0.2) is 30.3 Å². The molecule has 0 aliphatic heterocycles. The molecule has 0 bridgehead atoms. The number of aliphatic hydroxyl groups is 1. The predicted molar refractivity (Wildman–Crippen MR) is 73.3 cm³/mol. The van der Waals surface area contributed by atoms with Crippen LogP contribution >= 0.6 is 0 Å². The SMILES string of the molecule is CC(CC(=O)NC(C)C(C)CO)c1ccccc1. The fourth-order valence-corrected chi connectivity index (χ4v) is 1.79. The Morgan fingerprint density at radius 3 is 2.39 bits per heavy atom. The Bertz CT molecular complexity index is 364. The van der Waals surface area contributed by atoms with Gasteiger partial charge in [-0.2, -0.15) is 0 Å². The minimum atomic E-state index is 0.00507. The van der Waals surface area contributed by atoms with Crippen molar-refractivity contribution >= 4 is 5.91 Å². The molecule has 18 heavy (non-hydrogen) atoms. The van der Waals surface area contributed by atoms with Crippen molar-refractivity contribution in [3.63, 3.8) is 0 Å². The molecule has 1 aromatic carbocycles. The lowest BCUT2D eigenvalue weighted by atomic mass is 9.97. The number of amides is 1. The zero-order chi connectivity index (χ0) is 13.5. The Balaban J connectivity index is 2.45. The highest BCUT2D eigenvalue weighted by molar-refractivity contribution is 5.77. The summed E-state index contributed by atoms with van der Waals surface area (Å²) in [5.41, 5.74) is 1.18. The first-order valence-corrected chi connectivity index (χ1v) is 6.49. The molecule has 3 unspecified atom stereocenters. The van der Waals surface area contributed by atoms with E-state index in [0.29, 0.717) is 6.42 Å². The van der Waals surface area contributed by atoms with Crippen molar-refractivity contribution in [3.05, 3.63) is 35.9 Å². The van der Waals surface area contributed by atoms with Gasteiger partial charge in [0.15, 0.2) is 0 Å². The lowest BCUT2D eigenvalue weighted by Gasteiger charge is -2.20. The number of aliphatic hydroxyl groups excluding tert-OH is 1. The van der Waals surface area contributed by atoms with Gasteiger partial charge in [-0.1, -0.05) is 44.2 Å². The molecule has 0 aromatic heterocycles. The van der Waals surface area contributed by atoms with Gasteiger partial charge in [0.2, 0.25) is 5.91 Å². The molecular formula is C15H23NO2. The van der Waals surface area contributed by atoms with Crippen molar-refractivity contribution in [1.82, 2.24) is 5.32 Å². The van der Waals surface area contributed by atoms with E-state index in [1.165, 1.54) is 5.56 Å². The van der Waals surface area contributed by atoms with Gasteiger partial charge in [0.05, 0.1) is 0 Å². The molecule has 0 saturated heterocycles. The second kappa shape index (κ2) is 7.17. The molecular weight excluding hydrogens is 226 g/mol. The molecule has 2 N–H and O–H groups in total. The Morgan fingerprint density at radius 1 is 1.22 bits per heavy atom. The monoisotopic (exact) mass is 249 g/mol. The summed E-state index contributed by atoms with van der Waals surface area (Å²) in [5.74, 6) is 0.336. The van der Waals surface area contributed by atoms with Crippen LogP contribution in [0, 0.1) is 5.92 Å². The highest BCUT2D eigenvalue weighted by Gasteiger charge is 2.16. The number of hydrogen-bond donors (Lipinski definition) is 2. The lowest BCUT2D eigenvalue weighted by molar-refractivity contribution is -0.122. The number of nitrogens with one attached hydrogen (secondary N) is 1. The summed E-state index contributed by atoms with van der Waals surface area (Å²) >= 11 is 0. The quantitative estimate of drug-likeness (QED) is 0.813. The topological polar surface area (TPSA) is 49.3 Å². The van der Waals surface area contributed by atoms with Gasteiger partial charge >= 0.3 is 0 Å². The van der Waals surface area contributed by atoms with Crippen molar-refractivity contribution in [1.29, 1.82) is 0 Å². The summed E-state index contributed by atoms with van der Waals surface area (Å²) in [6.07, 6.45) is 0.479. The van der Waals surface area contributed by atoms with Crippen molar-refractivity contribution in [2.24, 2.45) is 5.92 Å². The zero-order valence-electron chi connectivity index (χ0n) is 11.4. The molecule has 3 heteroatoms. The third kappa shape index (κ3) is 4.49. The highest BCUT2D eigenvalue weighted by Crippen LogP contribution is 2.18. The van der Waals surface area contributed by atoms with Gasteiger partial charge < -0.3 is 10.4 Å². The Hall–Kier alpha value is -1.35. The van der Waals surface area contributed by atoms with Crippen LogP contribution < -0.4 is 5.32 Å². The van der Waals surface area contributed by atoms with Gasteiger partial charge in [-0.15, -0.1) is 0 Å². The molecule has 0 saturated carbocycles. The molecule has 1 amide bonds. The zero-order valence-corrected chi connectivity index (χ0v) is 11.4. The Kier molecular flexibility index (Phi) is 5.86. The molecule has 0 aliphatic carbocycles. The van der Waals surface area contributed by atoms with Crippen LogP contribution in [0.1, 0.15) is 38.7 Å². The first kappa shape index (κ1) is 14.7. The fourth-order valence-electron chi connectivity index (χ4n) is 1.79. The molecule has 3 nitrogen and oxygen atoms in total. The van der Waals surface area contributed by atoms with Gasteiger partial charge in [0.25, 0.3) is 0 Å². The molecule has 1 rings (SSSR count). The van der Waals surface area contributed by atoms with Crippen LogP contribution in [0.5, 0.6) is 0 Å². The maximum atomic E-state index is 11.9. The number of hydrogen-bond acceptors (Lipinski definition) is 2. The summed E-state index contributed by atoms with van der Waals surface area (Å²) in [5, 5.41) is 12.0. The van der Waals surface area contributed by atoms with Crippen molar-refractivity contribution in [2.75, 3.05) is 6.61 Å². The highest BCUT2D eigenvalue weighted by atomic mass is 16.3. The number of carbonyl (C=O) groups excluding carboxylic acids is 1. The van der Waals surface area contributed by atoms with E-state index in [2.05, 4.69) is 12.2 Å². The average molecular weight is 249 g/mol. The van der Waals surface area contributed by atoms with E-state index < -0.39 is 0 Å². The Labute approximate surface area is 109 Å². The van der Waals surface area contributed by atoms with Gasteiger partial charge in [0, 0.05) is 19.1 Å². The summed E-state index contributed by atoms with van der Waals surface area (Å²) < 4.78 is 0. The summed E-state index contributed by atoms with van der Waals surface area (Å²) in [6, 6.07) is 10.0. The standard InChI is InChI=1S/C15H23NO2/c1-11(14-7-5-4-6-8-14)9-15(18)16-13(3)12(2)10-17/h4-8,11-13,17H,9-10H2,1-3H3,(H,16,18). The first-order chi connectivity index (χ1) is 8.54. The van der Waals surface area contributed by atoms with E-state index in [-0.39, 0.29) is 30.4 Å². The molecule has 100 valence electrons. The van der Waals surface area contributed by atoms with Crippen LogP contribution in [0.25, 0.3) is 0 Å². The van der Waals surface area contributed by atoms with Gasteiger partial charge in [-0.05, 0) is 24.3 Å². The maximum absolute atomic E-state index is 11.9. The first-order valence-electron chi connectivity index (χ1n) is 6.49. The lowest BCUT2D eigenvalue weighted by Crippen LogP contribution is -2.38. The third-order valence-electron chi connectivity index (χ3n) is 3.39. The van der Waals surface area contributed by atoms with Crippen LogP contribution in [0.3, 0.4) is 0 Å². The minimum Gasteiger partial charge on any atom is -0.396 e. The number of rotatable bonds is 6. The van der Waals surface area contributed by atoms with Crippen LogP contribution in [-0.2, 0) is 4.79 Å². The summed E-state index contributed by atoms with van der Waals surface area (Å²) in [6.45, 7) is 5.99. The third-order valence-corrected chi connectivity index (χ3v) is 3.39. The second-order valence-electron chi connectivity index (χ2n) is 5.03. The maximum Gasteiger partial charge on any atom is 0.220 e. The summed E-state index contributed by atoms with van der Waals surface area (Å²) in [7, 11) is 0. The second-order valence-corrected chi connectivity index (χ2v) is 5.03. The fraction of sp³-hybridized carbons (Fsp3) is 0.533. The molecule has 0 radical (unpaired) electrons.